The van der Waals surface area contributed by atoms with Crippen molar-refractivity contribution in [3.05, 3.63) is 29.3 Å². The summed E-state index contributed by atoms with van der Waals surface area (Å²) in [6.07, 6.45) is 6.96. The smallest absolute Gasteiger partial charge is 0.0371 e. The molecule has 2 rings (SSSR count). The van der Waals surface area contributed by atoms with E-state index in [9.17, 15) is 0 Å². The van der Waals surface area contributed by atoms with Gasteiger partial charge in [0.2, 0.25) is 0 Å². The molecule has 2 nitrogen and oxygen atoms in total. The molecule has 0 spiro atoms. The summed E-state index contributed by atoms with van der Waals surface area (Å²) in [4.78, 5) is 2.61. The maximum atomic E-state index is 3.42. The zero-order valence-corrected chi connectivity index (χ0v) is 13.4. The van der Waals surface area contributed by atoms with Gasteiger partial charge in [0.05, 0.1) is 0 Å². The van der Waals surface area contributed by atoms with E-state index in [2.05, 4.69) is 49.2 Å². The molecule has 0 aromatic heterocycles. The molecule has 1 aliphatic carbocycles. The van der Waals surface area contributed by atoms with E-state index in [4.69, 9.17) is 0 Å². The maximum absolute atomic E-state index is 3.42. The highest BCUT2D eigenvalue weighted by Gasteiger charge is 2.20. The number of nitrogens with zero attached hydrogens (tertiary/aromatic N) is 1. The lowest BCUT2D eigenvalue weighted by atomic mass is 9.93. The molecule has 112 valence electrons. The van der Waals surface area contributed by atoms with Crippen LogP contribution in [0, 0.1) is 6.92 Å². The van der Waals surface area contributed by atoms with Crippen LogP contribution in [0.5, 0.6) is 0 Å². The summed E-state index contributed by atoms with van der Waals surface area (Å²) >= 11 is 0. The SMILES string of the molecule is CCNCc1ccc(N(CC)C2CCCCC2)cc1C. The Kier molecular flexibility index (Phi) is 5.90. The van der Waals surface area contributed by atoms with E-state index in [1.807, 2.05) is 0 Å². The van der Waals surface area contributed by atoms with E-state index in [1.54, 1.807) is 0 Å². The largest absolute Gasteiger partial charge is 0.369 e. The number of benzene rings is 1. The summed E-state index contributed by atoms with van der Waals surface area (Å²) in [6.45, 7) is 9.83. The monoisotopic (exact) mass is 274 g/mol. The number of aryl methyl sites for hydroxylation is 1. The molecular formula is C18H30N2. The van der Waals surface area contributed by atoms with Gasteiger partial charge in [-0.1, -0.05) is 32.3 Å². The van der Waals surface area contributed by atoms with Crippen LogP contribution in [0.4, 0.5) is 5.69 Å². The van der Waals surface area contributed by atoms with Gasteiger partial charge in [-0.3, -0.25) is 0 Å². The van der Waals surface area contributed by atoms with E-state index in [0.717, 1.165) is 25.7 Å². The van der Waals surface area contributed by atoms with Gasteiger partial charge >= 0.3 is 0 Å². The van der Waals surface area contributed by atoms with Gasteiger partial charge in [-0.25, -0.2) is 0 Å². The number of rotatable bonds is 6. The first kappa shape index (κ1) is 15.4. The molecule has 0 aliphatic heterocycles. The van der Waals surface area contributed by atoms with E-state index < -0.39 is 0 Å². The van der Waals surface area contributed by atoms with E-state index >= 15 is 0 Å². The average Bonchev–Trinajstić information content (AvgIpc) is 2.48. The summed E-state index contributed by atoms with van der Waals surface area (Å²) in [7, 11) is 0. The number of anilines is 1. The average molecular weight is 274 g/mol. The van der Waals surface area contributed by atoms with Crippen molar-refractivity contribution in [2.45, 2.75) is 65.5 Å². The highest BCUT2D eigenvalue weighted by Crippen LogP contribution is 2.28. The van der Waals surface area contributed by atoms with Gasteiger partial charge in [0, 0.05) is 24.8 Å². The minimum atomic E-state index is 0.757. The zero-order valence-electron chi connectivity index (χ0n) is 13.4. The highest BCUT2D eigenvalue weighted by molar-refractivity contribution is 5.51. The zero-order chi connectivity index (χ0) is 14.4. The number of hydrogen-bond donors (Lipinski definition) is 1. The second kappa shape index (κ2) is 7.68. The molecular weight excluding hydrogens is 244 g/mol. The third kappa shape index (κ3) is 3.76. The van der Waals surface area contributed by atoms with Crippen LogP contribution >= 0.6 is 0 Å². The Balaban J connectivity index is 2.11. The molecule has 0 heterocycles. The van der Waals surface area contributed by atoms with Crippen LogP contribution in [0.15, 0.2) is 18.2 Å². The van der Waals surface area contributed by atoms with Gasteiger partial charge in [0.1, 0.15) is 0 Å². The van der Waals surface area contributed by atoms with Crippen molar-refractivity contribution < 1.29 is 0 Å². The van der Waals surface area contributed by atoms with Crippen LogP contribution in [-0.2, 0) is 6.54 Å². The van der Waals surface area contributed by atoms with Crippen LogP contribution < -0.4 is 10.2 Å². The summed E-state index contributed by atoms with van der Waals surface area (Å²) in [5, 5.41) is 3.42. The fraction of sp³-hybridized carbons (Fsp3) is 0.667. The molecule has 1 fully saturated rings. The number of nitrogens with one attached hydrogen (secondary N) is 1. The molecule has 1 aliphatic rings. The van der Waals surface area contributed by atoms with Gasteiger partial charge < -0.3 is 10.2 Å². The molecule has 0 bridgehead atoms. The van der Waals surface area contributed by atoms with Crippen molar-refractivity contribution in [1.29, 1.82) is 0 Å². The molecule has 1 saturated carbocycles. The molecule has 1 aromatic carbocycles. The quantitative estimate of drug-likeness (QED) is 0.833. The predicted octanol–water partition coefficient (Wildman–Crippen LogP) is 4.26. The van der Waals surface area contributed by atoms with Crippen molar-refractivity contribution in [2.75, 3.05) is 18.0 Å². The van der Waals surface area contributed by atoms with E-state index in [-0.39, 0.29) is 0 Å². The Bertz CT molecular complexity index is 408. The predicted molar refractivity (Wildman–Crippen MR) is 88.5 cm³/mol. The lowest BCUT2D eigenvalue weighted by molar-refractivity contribution is 0.418. The van der Waals surface area contributed by atoms with Crippen molar-refractivity contribution >= 4 is 5.69 Å². The fourth-order valence-electron chi connectivity index (χ4n) is 3.36. The van der Waals surface area contributed by atoms with Crippen molar-refractivity contribution in [3.8, 4) is 0 Å². The Labute approximate surface area is 124 Å². The Hall–Kier alpha value is -1.02. The minimum absolute atomic E-state index is 0.757. The van der Waals surface area contributed by atoms with Crippen molar-refractivity contribution in [2.24, 2.45) is 0 Å². The van der Waals surface area contributed by atoms with E-state index in [0.29, 0.717) is 0 Å². The molecule has 0 amide bonds. The molecule has 0 saturated heterocycles. The third-order valence-electron chi connectivity index (χ3n) is 4.58. The molecule has 0 radical (unpaired) electrons. The molecule has 0 unspecified atom stereocenters. The second-order valence-corrected chi connectivity index (χ2v) is 5.97. The van der Waals surface area contributed by atoms with E-state index in [1.165, 1.54) is 48.9 Å². The summed E-state index contributed by atoms with van der Waals surface area (Å²) in [5.74, 6) is 0. The van der Waals surface area contributed by atoms with Gasteiger partial charge in [-0.15, -0.1) is 0 Å². The Morgan fingerprint density at radius 2 is 1.90 bits per heavy atom. The first-order valence-electron chi connectivity index (χ1n) is 8.33. The standard InChI is InChI=1S/C18H30N2/c1-4-19-14-16-11-12-18(13-15(16)3)20(5-2)17-9-7-6-8-10-17/h11-13,17,19H,4-10,14H2,1-3H3. The normalized spacial score (nSPS) is 16.4. The van der Waals surface area contributed by atoms with Crippen LogP contribution in [0.2, 0.25) is 0 Å². The molecule has 1 aromatic rings. The van der Waals surface area contributed by atoms with Gasteiger partial charge in [-0.2, -0.15) is 0 Å². The van der Waals surface area contributed by atoms with Gasteiger partial charge in [0.25, 0.3) is 0 Å². The minimum Gasteiger partial charge on any atom is -0.369 e. The van der Waals surface area contributed by atoms with Crippen LogP contribution in [0.25, 0.3) is 0 Å². The van der Waals surface area contributed by atoms with Gasteiger partial charge in [0.15, 0.2) is 0 Å². The first-order valence-corrected chi connectivity index (χ1v) is 8.33. The summed E-state index contributed by atoms with van der Waals surface area (Å²) < 4.78 is 0. The topological polar surface area (TPSA) is 15.3 Å². The second-order valence-electron chi connectivity index (χ2n) is 5.97. The lowest BCUT2D eigenvalue weighted by Crippen LogP contribution is -2.36. The molecule has 2 heteroatoms. The van der Waals surface area contributed by atoms with Crippen LogP contribution in [0.3, 0.4) is 0 Å². The van der Waals surface area contributed by atoms with Crippen LogP contribution in [-0.4, -0.2) is 19.1 Å². The molecule has 0 atom stereocenters. The fourth-order valence-corrected chi connectivity index (χ4v) is 3.36. The maximum Gasteiger partial charge on any atom is 0.0371 e. The molecule has 20 heavy (non-hydrogen) atoms. The summed E-state index contributed by atoms with van der Waals surface area (Å²) in [6, 6.07) is 7.76. The summed E-state index contributed by atoms with van der Waals surface area (Å²) in [5.41, 5.74) is 4.25. The molecule has 1 N–H and O–H groups in total. The Morgan fingerprint density at radius 3 is 2.50 bits per heavy atom. The third-order valence-corrected chi connectivity index (χ3v) is 4.58. The van der Waals surface area contributed by atoms with Crippen molar-refractivity contribution in [1.82, 2.24) is 5.32 Å². The first-order chi connectivity index (χ1) is 9.76. The number of hydrogen-bond acceptors (Lipinski definition) is 2. The lowest BCUT2D eigenvalue weighted by Gasteiger charge is -2.35. The van der Waals surface area contributed by atoms with Crippen LogP contribution in [0.1, 0.15) is 57.1 Å². The highest BCUT2D eigenvalue weighted by atomic mass is 15.2. The van der Waals surface area contributed by atoms with Crippen molar-refractivity contribution in [3.63, 3.8) is 0 Å². The Morgan fingerprint density at radius 1 is 1.15 bits per heavy atom. The van der Waals surface area contributed by atoms with Gasteiger partial charge in [-0.05, 0) is 56.5 Å².